The molecule has 0 aliphatic rings. The molecule has 6 heteroatoms. The lowest BCUT2D eigenvalue weighted by atomic mass is 10.1. The van der Waals surface area contributed by atoms with Gasteiger partial charge in [-0.2, -0.15) is 9.78 Å². The molecule has 2 aromatic carbocycles. The van der Waals surface area contributed by atoms with E-state index in [1.165, 1.54) is 23.0 Å². The van der Waals surface area contributed by atoms with Crippen LogP contribution in [0.15, 0.2) is 60.8 Å². The monoisotopic (exact) mass is 307 g/mol. The van der Waals surface area contributed by atoms with Gasteiger partial charge in [0.15, 0.2) is 0 Å². The molecule has 0 aliphatic carbocycles. The van der Waals surface area contributed by atoms with E-state index in [0.29, 0.717) is 5.69 Å². The van der Waals surface area contributed by atoms with Gasteiger partial charge in [-0.25, -0.2) is 9.37 Å². The highest BCUT2D eigenvalue weighted by Gasteiger charge is 2.08. The summed E-state index contributed by atoms with van der Waals surface area (Å²) in [6, 6.07) is 15.4. The molecule has 0 bridgehead atoms. The van der Waals surface area contributed by atoms with Gasteiger partial charge in [-0.15, -0.1) is 0 Å². The van der Waals surface area contributed by atoms with Gasteiger partial charge >= 0.3 is 0 Å². The van der Waals surface area contributed by atoms with Gasteiger partial charge in [0.2, 0.25) is 5.62 Å². The fourth-order valence-corrected chi connectivity index (χ4v) is 2.16. The zero-order valence-corrected chi connectivity index (χ0v) is 12.2. The predicted molar refractivity (Wildman–Crippen MR) is 84.5 cm³/mol. The van der Waals surface area contributed by atoms with Crippen molar-refractivity contribution in [2.24, 2.45) is 0 Å². The Labute approximate surface area is 132 Å². The highest BCUT2D eigenvalue weighted by Crippen LogP contribution is 2.13. The Morgan fingerprint density at radius 2 is 1.74 bits per heavy atom. The minimum Gasteiger partial charge on any atom is -0.286 e. The lowest BCUT2D eigenvalue weighted by Crippen LogP contribution is -2.32. The van der Waals surface area contributed by atoms with Gasteiger partial charge in [0, 0.05) is 12.0 Å². The summed E-state index contributed by atoms with van der Waals surface area (Å²) in [6.07, 6.45) is 1.75. The molecule has 5 nitrogen and oxygen atoms in total. The van der Waals surface area contributed by atoms with E-state index >= 15 is 0 Å². The van der Waals surface area contributed by atoms with E-state index < -0.39 is 0 Å². The van der Waals surface area contributed by atoms with Crippen molar-refractivity contribution in [3.8, 4) is 11.3 Å². The summed E-state index contributed by atoms with van der Waals surface area (Å²) in [5.41, 5.74) is 2.11. The maximum absolute atomic E-state index is 12.9. The molecule has 3 aromatic rings. The first-order valence-electron chi connectivity index (χ1n) is 7.02. The number of aromatic nitrogens is 3. The van der Waals surface area contributed by atoms with Crippen LogP contribution >= 0.6 is 0 Å². The third-order valence-electron chi connectivity index (χ3n) is 3.33. The lowest BCUT2D eigenvalue weighted by molar-refractivity contribution is 0.627. The summed E-state index contributed by atoms with van der Waals surface area (Å²) in [6.45, 7) is 0. The van der Waals surface area contributed by atoms with Gasteiger partial charge in [-0.3, -0.25) is 10.8 Å². The standard InChI is InChI=1S/C17H14FN5/c18-14-8-6-12(7-9-14)10-16(19)23-17(20)21-11-15(22-23)13-4-2-1-3-5-13/h1-9,11,19-20H,10H2. The SMILES string of the molecule is N=C(Cc1ccc(F)cc1)n1nc(-c2ccccc2)cnc1=N. The van der Waals surface area contributed by atoms with Gasteiger partial charge in [-0.1, -0.05) is 42.5 Å². The van der Waals surface area contributed by atoms with Gasteiger partial charge in [0.05, 0.1) is 6.20 Å². The van der Waals surface area contributed by atoms with Crippen LogP contribution in [-0.2, 0) is 6.42 Å². The number of hydrogen-bond acceptors (Lipinski definition) is 4. The lowest BCUT2D eigenvalue weighted by Gasteiger charge is -2.09. The van der Waals surface area contributed by atoms with Crippen LogP contribution < -0.4 is 5.62 Å². The normalized spacial score (nSPS) is 10.5. The van der Waals surface area contributed by atoms with E-state index in [1.807, 2.05) is 30.3 Å². The van der Waals surface area contributed by atoms with Crippen molar-refractivity contribution >= 4 is 5.84 Å². The Kier molecular flexibility index (Phi) is 4.05. The van der Waals surface area contributed by atoms with Crippen LogP contribution in [0, 0.1) is 16.6 Å². The zero-order valence-electron chi connectivity index (χ0n) is 12.2. The van der Waals surface area contributed by atoms with Crippen LogP contribution in [0.25, 0.3) is 11.3 Å². The van der Waals surface area contributed by atoms with E-state index in [1.54, 1.807) is 12.1 Å². The van der Waals surface area contributed by atoms with E-state index in [0.717, 1.165) is 11.1 Å². The largest absolute Gasteiger partial charge is 0.286 e. The Morgan fingerprint density at radius 3 is 2.43 bits per heavy atom. The number of nitrogens with one attached hydrogen (secondary N) is 2. The third-order valence-corrected chi connectivity index (χ3v) is 3.33. The van der Waals surface area contributed by atoms with Gasteiger partial charge in [-0.05, 0) is 17.7 Å². The molecule has 0 saturated heterocycles. The van der Waals surface area contributed by atoms with Crippen molar-refractivity contribution in [3.05, 3.63) is 77.8 Å². The van der Waals surface area contributed by atoms with E-state index in [-0.39, 0.29) is 23.7 Å². The average molecular weight is 307 g/mol. The van der Waals surface area contributed by atoms with Crippen LogP contribution in [0.3, 0.4) is 0 Å². The molecule has 1 heterocycles. The van der Waals surface area contributed by atoms with Crippen molar-refractivity contribution in [1.82, 2.24) is 14.8 Å². The van der Waals surface area contributed by atoms with Crippen molar-refractivity contribution in [2.45, 2.75) is 6.42 Å². The quantitative estimate of drug-likeness (QED) is 0.576. The molecule has 0 saturated carbocycles. The summed E-state index contributed by atoms with van der Waals surface area (Å²) < 4.78 is 14.1. The van der Waals surface area contributed by atoms with E-state index in [4.69, 9.17) is 10.8 Å². The number of halogens is 1. The van der Waals surface area contributed by atoms with Crippen LogP contribution in [0.4, 0.5) is 4.39 Å². The Morgan fingerprint density at radius 1 is 1.04 bits per heavy atom. The summed E-state index contributed by atoms with van der Waals surface area (Å²) >= 11 is 0. The molecule has 0 aliphatic heterocycles. The highest BCUT2D eigenvalue weighted by atomic mass is 19.1. The van der Waals surface area contributed by atoms with E-state index in [2.05, 4.69) is 10.1 Å². The molecule has 3 rings (SSSR count). The summed E-state index contributed by atoms with van der Waals surface area (Å²) in [5.74, 6) is -0.216. The molecular weight excluding hydrogens is 293 g/mol. The first-order valence-corrected chi connectivity index (χ1v) is 7.02. The third kappa shape index (κ3) is 3.37. The molecule has 0 radical (unpaired) electrons. The second-order valence-electron chi connectivity index (χ2n) is 4.99. The Bertz CT molecular complexity index is 885. The molecule has 0 amide bonds. The minimum atomic E-state index is -0.319. The second-order valence-corrected chi connectivity index (χ2v) is 4.99. The van der Waals surface area contributed by atoms with Crippen LogP contribution in [0.2, 0.25) is 0 Å². The molecule has 0 unspecified atom stereocenters. The van der Waals surface area contributed by atoms with Crippen LogP contribution in [0.1, 0.15) is 5.56 Å². The fraction of sp³-hybridized carbons (Fsp3) is 0.0588. The molecule has 114 valence electrons. The predicted octanol–water partition coefficient (Wildman–Crippen LogP) is 2.63. The van der Waals surface area contributed by atoms with Gasteiger partial charge in [0.1, 0.15) is 17.3 Å². The smallest absolute Gasteiger partial charge is 0.244 e. The van der Waals surface area contributed by atoms with Crippen LogP contribution in [0.5, 0.6) is 0 Å². The van der Waals surface area contributed by atoms with Gasteiger partial charge in [0.25, 0.3) is 0 Å². The average Bonchev–Trinajstić information content (AvgIpc) is 2.58. The molecule has 0 atom stereocenters. The number of hydrogen-bond donors (Lipinski definition) is 2. The second kappa shape index (κ2) is 6.31. The maximum atomic E-state index is 12.9. The summed E-state index contributed by atoms with van der Waals surface area (Å²) in [4.78, 5) is 4.00. The molecule has 0 fully saturated rings. The first kappa shape index (κ1) is 14.8. The van der Waals surface area contributed by atoms with Crippen molar-refractivity contribution in [3.63, 3.8) is 0 Å². The summed E-state index contributed by atoms with van der Waals surface area (Å²) in [5, 5.41) is 20.3. The number of rotatable bonds is 3. The van der Waals surface area contributed by atoms with Crippen molar-refractivity contribution in [1.29, 1.82) is 10.8 Å². The maximum Gasteiger partial charge on any atom is 0.244 e. The molecule has 2 N–H and O–H groups in total. The minimum absolute atomic E-state index is 0.104. The zero-order chi connectivity index (χ0) is 16.2. The highest BCUT2D eigenvalue weighted by molar-refractivity contribution is 5.82. The summed E-state index contributed by atoms with van der Waals surface area (Å²) in [7, 11) is 0. The molecule has 1 aromatic heterocycles. The molecular formula is C17H14FN5. The van der Waals surface area contributed by atoms with Crippen LogP contribution in [-0.4, -0.2) is 20.6 Å². The topological polar surface area (TPSA) is 78.4 Å². The van der Waals surface area contributed by atoms with Crippen molar-refractivity contribution in [2.75, 3.05) is 0 Å². The van der Waals surface area contributed by atoms with Gasteiger partial charge < -0.3 is 0 Å². The van der Waals surface area contributed by atoms with E-state index in [9.17, 15) is 4.39 Å². The Hall–Kier alpha value is -3.15. The number of benzene rings is 2. The molecule has 0 spiro atoms. The molecule has 23 heavy (non-hydrogen) atoms. The number of nitrogens with zero attached hydrogens (tertiary/aromatic N) is 3. The first-order chi connectivity index (χ1) is 11.1. The Balaban J connectivity index is 1.91. The fourth-order valence-electron chi connectivity index (χ4n) is 2.16. The van der Waals surface area contributed by atoms with Crippen molar-refractivity contribution < 1.29 is 4.39 Å².